The van der Waals surface area contributed by atoms with E-state index in [-0.39, 0.29) is 16.7 Å². The molecule has 0 radical (unpaired) electrons. The predicted molar refractivity (Wildman–Crippen MR) is 278 cm³/mol. The van der Waals surface area contributed by atoms with Gasteiger partial charge in [0.15, 0.2) is 0 Å². The molecule has 10 aromatic carbocycles. The second-order valence-electron chi connectivity index (χ2n) is 18.8. The molecule has 1 atom stereocenters. The standard InChI is InChI=1S/C64H55N/c1-6-64(7-2,53-31-34-56(35-32-53)65(55-20-9-8-10-21-55)62-23-15-19-45-17-13-14-22-57(45)62)54-33-37-59-58-36-30-47(41-60(58)63(4,5)61(59)42-54)43(3)46-25-27-51-40-52(29-28-49(51)38-46)50-26-24-44-16-11-12-18-48(44)39-50/h8-43H,6-7H2,1-5H3. The lowest BCUT2D eigenvalue weighted by molar-refractivity contribution is 0.477. The summed E-state index contributed by atoms with van der Waals surface area (Å²) < 4.78 is 0. The van der Waals surface area contributed by atoms with Crippen molar-refractivity contribution in [2.75, 3.05) is 4.90 Å². The minimum absolute atomic E-state index is 0.124. The number of rotatable bonds is 10. The van der Waals surface area contributed by atoms with Gasteiger partial charge in [-0.1, -0.05) is 204 Å². The summed E-state index contributed by atoms with van der Waals surface area (Å²) in [6.45, 7) is 11.9. The van der Waals surface area contributed by atoms with Gasteiger partial charge in [-0.05, 0) is 138 Å². The Labute approximate surface area is 384 Å². The monoisotopic (exact) mass is 837 g/mol. The molecule has 0 spiro atoms. The molecule has 0 saturated heterocycles. The van der Waals surface area contributed by atoms with E-state index in [2.05, 4.69) is 252 Å². The number of nitrogens with zero attached hydrogens (tertiary/aromatic N) is 1. The highest BCUT2D eigenvalue weighted by atomic mass is 15.1. The van der Waals surface area contributed by atoms with Crippen molar-refractivity contribution in [1.82, 2.24) is 0 Å². The maximum Gasteiger partial charge on any atom is 0.0540 e. The second-order valence-corrected chi connectivity index (χ2v) is 18.8. The predicted octanol–water partition coefficient (Wildman–Crippen LogP) is 17.8. The van der Waals surface area contributed by atoms with Crippen molar-refractivity contribution in [3.63, 3.8) is 0 Å². The summed E-state index contributed by atoms with van der Waals surface area (Å²) in [6.07, 6.45) is 2.03. The lowest BCUT2D eigenvalue weighted by Gasteiger charge is -2.35. The van der Waals surface area contributed by atoms with E-state index in [0.29, 0.717) is 0 Å². The van der Waals surface area contributed by atoms with Gasteiger partial charge in [-0.2, -0.15) is 0 Å². The van der Waals surface area contributed by atoms with Gasteiger partial charge in [0.25, 0.3) is 0 Å². The Balaban J connectivity index is 0.889. The molecule has 1 heteroatoms. The van der Waals surface area contributed by atoms with Gasteiger partial charge in [0.1, 0.15) is 0 Å². The first-order valence-corrected chi connectivity index (χ1v) is 23.5. The van der Waals surface area contributed by atoms with Crippen molar-refractivity contribution in [2.24, 2.45) is 0 Å². The zero-order valence-corrected chi connectivity index (χ0v) is 38.1. The normalized spacial score (nSPS) is 13.5. The molecule has 0 bridgehead atoms. The molecule has 0 fully saturated rings. The lowest BCUT2D eigenvalue weighted by atomic mass is 9.69. The van der Waals surface area contributed by atoms with Crippen LogP contribution in [-0.2, 0) is 10.8 Å². The fourth-order valence-electron chi connectivity index (χ4n) is 11.2. The van der Waals surface area contributed by atoms with Crippen LogP contribution in [0.25, 0.3) is 54.6 Å². The molecule has 0 amide bonds. The number of fused-ring (bicyclic) bond motifs is 6. The molecule has 0 aromatic heterocycles. The number of hydrogen-bond acceptors (Lipinski definition) is 1. The zero-order chi connectivity index (χ0) is 44.3. The third-order valence-corrected chi connectivity index (χ3v) is 15.1. The van der Waals surface area contributed by atoms with E-state index in [0.717, 1.165) is 24.2 Å². The van der Waals surface area contributed by atoms with Crippen LogP contribution in [0.1, 0.15) is 86.8 Å². The molecule has 0 heterocycles. The molecule has 11 rings (SSSR count). The van der Waals surface area contributed by atoms with Gasteiger partial charge >= 0.3 is 0 Å². The summed E-state index contributed by atoms with van der Waals surface area (Å²) in [6, 6.07) is 79.5. The van der Waals surface area contributed by atoms with Crippen LogP contribution in [0.5, 0.6) is 0 Å². The summed E-state index contributed by atoms with van der Waals surface area (Å²) >= 11 is 0. The van der Waals surface area contributed by atoms with Gasteiger partial charge in [0, 0.05) is 33.5 Å². The van der Waals surface area contributed by atoms with Crippen molar-refractivity contribution in [3.8, 4) is 22.3 Å². The molecule has 10 aromatic rings. The van der Waals surface area contributed by atoms with E-state index in [4.69, 9.17) is 0 Å². The SMILES string of the molecule is CCC(CC)(c1ccc(N(c2ccccc2)c2cccc3ccccc23)cc1)c1ccc2c(c1)C(C)(C)c1cc(C(C)c3ccc4cc(-c5ccc6ccccc6c5)ccc4c3)ccc1-2. The van der Waals surface area contributed by atoms with Crippen LogP contribution in [0.4, 0.5) is 17.1 Å². The number of benzene rings is 10. The van der Waals surface area contributed by atoms with Crippen molar-refractivity contribution in [3.05, 3.63) is 246 Å². The fourth-order valence-corrected chi connectivity index (χ4v) is 11.2. The average Bonchev–Trinajstić information content (AvgIpc) is 3.59. The molecular weight excluding hydrogens is 783 g/mol. The summed E-state index contributed by atoms with van der Waals surface area (Å²) in [7, 11) is 0. The van der Waals surface area contributed by atoms with Crippen molar-refractivity contribution < 1.29 is 0 Å². The lowest BCUT2D eigenvalue weighted by Crippen LogP contribution is -2.27. The van der Waals surface area contributed by atoms with Gasteiger partial charge in [-0.3, -0.25) is 0 Å². The van der Waals surface area contributed by atoms with Gasteiger partial charge in [0.05, 0.1) is 5.69 Å². The van der Waals surface area contributed by atoms with E-state index in [9.17, 15) is 0 Å². The quantitative estimate of drug-likeness (QED) is 0.133. The highest BCUT2D eigenvalue weighted by Crippen LogP contribution is 2.52. The van der Waals surface area contributed by atoms with Crippen LogP contribution in [0, 0.1) is 0 Å². The van der Waals surface area contributed by atoms with E-state index in [1.165, 1.54) is 93.6 Å². The minimum Gasteiger partial charge on any atom is -0.310 e. The molecule has 65 heavy (non-hydrogen) atoms. The molecule has 316 valence electrons. The second kappa shape index (κ2) is 16.1. The van der Waals surface area contributed by atoms with Gasteiger partial charge in [-0.25, -0.2) is 0 Å². The summed E-state index contributed by atoms with van der Waals surface area (Å²) in [5, 5.41) is 7.58. The third-order valence-electron chi connectivity index (χ3n) is 15.1. The Morgan fingerprint density at radius 1 is 0.431 bits per heavy atom. The Hall–Kier alpha value is -7.22. The summed E-state index contributed by atoms with van der Waals surface area (Å²) in [4.78, 5) is 2.40. The summed E-state index contributed by atoms with van der Waals surface area (Å²) in [5.74, 6) is 0.258. The van der Waals surface area contributed by atoms with E-state index < -0.39 is 0 Å². The largest absolute Gasteiger partial charge is 0.310 e. The van der Waals surface area contributed by atoms with Crippen LogP contribution in [-0.4, -0.2) is 0 Å². The van der Waals surface area contributed by atoms with E-state index in [1.807, 2.05) is 0 Å². The molecule has 0 N–H and O–H groups in total. The highest BCUT2D eigenvalue weighted by molar-refractivity contribution is 5.99. The molecule has 0 saturated carbocycles. The molecule has 1 aliphatic carbocycles. The first kappa shape index (κ1) is 40.5. The van der Waals surface area contributed by atoms with Crippen LogP contribution in [0.2, 0.25) is 0 Å². The maximum atomic E-state index is 2.56. The zero-order valence-electron chi connectivity index (χ0n) is 38.1. The smallest absolute Gasteiger partial charge is 0.0540 e. The topological polar surface area (TPSA) is 3.24 Å². The number of para-hydroxylation sites is 1. The molecular formula is C64H55N. The summed E-state index contributed by atoms with van der Waals surface area (Å²) in [5.41, 5.74) is 16.8. The van der Waals surface area contributed by atoms with Crippen molar-refractivity contribution in [2.45, 2.75) is 64.2 Å². The van der Waals surface area contributed by atoms with Crippen LogP contribution in [0.15, 0.2) is 212 Å². The number of hydrogen-bond donors (Lipinski definition) is 0. The van der Waals surface area contributed by atoms with Gasteiger partial charge < -0.3 is 4.90 Å². The molecule has 0 aliphatic heterocycles. The first-order valence-electron chi connectivity index (χ1n) is 23.5. The average molecular weight is 838 g/mol. The molecule has 1 aliphatic rings. The Morgan fingerprint density at radius 2 is 0.954 bits per heavy atom. The van der Waals surface area contributed by atoms with E-state index in [1.54, 1.807) is 0 Å². The van der Waals surface area contributed by atoms with Crippen molar-refractivity contribution in [1.29, 1.82) is 0 Å². The maximum absolute atomic E-state index is 2.56. The van der Waals surface area contributed by atoms with Gasteiger partial charge in [-0.15, -0.1) is 0 Å². The fraction of sp³-hybridized carbons (Fsp3) is 0.156. The van der Waals surface area contributed by atoms with Crippen LogP contribution in [0.3, 0.4) is 0 Å². The van der Waals surface area contributed by atoms with E-state index >= 15 is 0 Å². The Morgan fingerprint density at radius 3 is 1.69 bits per heavy atom. The third kappa shape index (κ3) is 6.84. The van der Waals surface area contributed by atoms with Gasteiger partial charge in [0.2, 0.25) is 0 Å². The van der Waals surface area contributed by atoms with Crippen LogP contribution < -0.4 is 4.90 Å². The van der Waals surface area contributed by atoms with Crippen LogP contribution >= 0.6 is 0 Å². The molecule has 1 unspecified atom stereocenters. The highest BCUT2D eigenvalue weighted by Gasteiger charge is 2.39. The Kier molecular flexibility index (Phi) is 10.0. The van der Waals surface area contributed by atoms with Crippen molar-refractivity contribution >= 4 is 49.4 Å². The Bertz CT molecular complexity index is 3380. The first-order chi connectivity index (χ1) is 31.8. The molecule has 1 nitrogen and oxygen atoms in total. The minimum atomic E-state index is -0.134. The number of anilines is 3.